The van der Waals surface area contributed by atoms with E-state index in [0.717, 1.165) is 41.5 Å². The Hall–Kier alpha value is -1.20. The lowest BCUT2D eigenvalue weighted by Crippen LogP contribution is -2.07. The van der Waals surface area contributed by atoms with E-state index >= 15 is 0 Å². The molecular formula is C12H15N3OS. The molecule has 1 aliphatic carbocycles. The van der Waals surface area contributed by atoms with Gasteiger partial charge in [-0.05, 0) is 37.0 Å². The van der Waals surface area contributed by atoms with Crippen molar-refractivity contribution in [2.45, 2.75) is 19.4 Å². The van der Waals surface area contributed by atoms with Gasteiger partial charge in [0.05, 0.1) is 23.8 Å². The molecule has 0 aliphatic heterocycles. The first-order valence-electron chi connectivity index (χ1n) is 5.95. The molecule has 0 aromatic carbocycles. The second-order valence-corrected chi connectivity index (χ2v) is 4.88. The molecule has 1 fully saturated rings. The molecule has 5 heteroatoms. The van der Waals surface area contributed by atoms with E-state index in [4.69, 9.17) is 17.0 Å². The topological polar surface area (TPSA) is 42.8 Å². The van der Waals surface area contributed by atoms with E-state index in [9.17, 15) is 0 Å². The van der Waals surface area contributed by atoms with Crippen LogP contribution in [-0.4, -0.2) is 27.7 Å². The number of aromatic amines is 1. The largest absolute Gasteiger partial charge is 0.379 e. The Kier molecular flexibility index (Phi) is 2.94. The van der Waals surface area contributed by atoms with E-state index in [2.05, 4.69) is 14.5 Å². The SMILES string of the molecule is S=c1[nH]c2cnccc2n1CCOCC1CC1. The molecule has 0 amide bonds. The molecule has 0 bridgehead atoms. The maximum Gasteiger partial charge on any atom is 0.178 e. The number of fused-ring (bicyclic) bond motifs is 1. The van der Waals surface area contributed by atoms with Crippen molar-refractivity contribution in [2.75, 3.05) is 13.2 Å². The zero-order chi connectivity index (χ0) is 11.7. The number of pyridine rings is 1. The number of nitrogens with zero attached hydrogens (tertiary/aromatic N) is 2. The molecule has 0 atom stereocenters. The molecule has 90 valence electrons. The minimum atomic E-state index is 0.722. The summed E-state index contributed by atoms with van der Waals surface area (Å²) >= 11 is 5.29. The number of rotatable bonds is 5. The van der Waals surface area contributed by atoms with Gasteiger partial charge in [0.25, 0.3) is 0 Å². The molecule has 2 aromatic rings. The van der Waals surface area contributed by atoms with Crippen LogP contribution in [0.4, 0.5) is 0 Å². The molecular weight excluding hydrogens is 234 g/mol. The molecule has 4 nitrogen and oxygen atoms in total. The Morgan fingerprint density at radius 2 is 2.41 bits per heavy atom. The number of ether oxygens (including phenoxy) is 1. The Morgan fingerprint density at radius 1 is 1.53 bits per heavy atom. The number of H-pyrrole nitrogens is 1. The lowest BCUT2D eigenvalue weighted by Gasteiger charge is -2.05. The Balaban J connectivity index is 1.70. The second-order valence-electron chi connectivity index (χ2n) is 4.49. The molecule has 1 saturated carbocycles. The van der Waals surface area contributed by atoms with Crippen LogP contribution in [0.1, 0.15) is 12.8 Å². The van der Waals surface area contributed by atoms with Gasteiger partial charge in [0, 0.05) is 19.3 Å². The van der Waals surface area contributed by atoms with Crippen LogP contribution >= 0.6 is 12.2 Å². The highest BCUT2D eigenvalue weighted by atomic mass is 32.1. The quantitative estimate of drug-likeness (QED) is 0.654. The number of hydrogen-bond donors (Lipinski definition) is 1. The molecule has 1 aliphatic rings. The summed E-state index contributed by atoms with van der Waals surface area (Å²) in [4.78, 5) is 7.22. The van der Waals surface area contributed by atoms with Crippen molar-refractivity contribution in [3.63, 3.8) is 0 Å². The van der Waals surface area contributed by atoms with Crippen molar-refractivity contribution < 1.29 is 4.74 Å². The third-order valence-corrected chi connectivity index (χ3v) is 3.41. The standard InChI is InChI=1S/C12H15N3OS/c17-12-14-10-7-13-4-3-11(10)15(12)5-6-16-8-9-1-2-9/h3-4,7,9H,1-2,5-6,8H2,(H,14,17). The van der Waals surface area contributed by atoms with E-state index < -0.39 is 0 Å². The molecule has 0 saturated heterocycles. The summed E-state index contributed by atoms with van der Waals surface area (Å²) < 4.78 is 8.45. The predicted molar refractivity (Wildman–Crippen MR) is 68.5 cm³/mol. The van der Waals surface area contributed by atoms with Crippen LogP contribution < -0.4 is 0 Å². The Labute approximate surface area is 105 Å². The van der Waals surface area contributed by atoms with Crippen molar-refractivity contribution in [2.24, 2.45) is 5.92 Å². The lowest BCUT2D eigenvalue weighted by atomic mass is 10.4. The van der Waals surface area contributed by atoms with Gasteiger partial charge in [0.2, 0.25) is 0 Å². The van der Waals surface area contributed by atoms with Crippen LogP contribution in [0.3, 0.4) is 0 Å². The fourth-order valence-electron chi connectivity index (χ4n) is 1.92. The summed E-state index contributed by atoms with van der Waals surface area (Å²) in [6.45, 7) is 2.42. The van der Waals surface area contributed by atoms with Crippen molar-refractivity contribution in [1.29, 1.82) is 0 Å². The third kappa shape index (κ3) is 2.40. The van der Waals surface area contributed by atoms with Crippen LogP contribution in [0, 0.1) is 10.7 Å². The van der Waals surface area contributed by atoms with Crippen LogP contribution in [-0.2, 0) is 11.3 Å². The second kappa shape index (κ2) is 4.58. The minimum absolute atomic E-state index is 0.722. The van der Waals surface area contributed by atoms with Gasteiger partial charge in [-0.2, -0.15) is 0 Å². The van der Waals surface area contributed by atoms with Gasteiger partial charge in [-0.15, -0.1) is 0 Å². The summed E-state index contributed by atoms with van der Waals surface area (Å²) in [5, 5.41) is 0. The van der Waals surface area contributed by atoms with E-state index in [-0.39, 0.29) is 0 Å². The van der Waals surface area contributed by atoms with Crippen LogP contribution in [0.15, 0.2) is 18.5 Å². The normalized spacial score (nSPS) is 15.5. The fraction of sp³-hybridized carbons (Fsp3) is 0.500. The Bertz CT molecular complexity index is 570. The molecule has 2 heterocycles. The van der Waals surface area contributed by atoms with E-state index in [1.807, 2.05) is 6.07 Å². The zero-order valence-electron chi connectivity index (χ0n) is 9.56. The van der Waals surface area contributed by atoms with Gasteiger partial charge in [0.1, 0.15) is 0 Å². The molecule has 3 rings (SSSR count). The number of aromatic nitrogens is 3. The van der Waals surface area contributed by atoms with E-state index in [1.54, 1.807) is 12.4 Å². The van der Waals surface area contributed by atoms with Crippen LogP contribution in [0.25, 0.3) is 11.0 Å². The first kappa shape index (κ1) is 10.9. The van der Waals surface area contributed by atoms with Crippen molar-refractivity contribution in [1.82, 2.24) is 14.5 Å². The summed E-state index contributed by atoms with van der Waals surface area (Å²) in [6.07, 6.45) is 6.25. The van der Waals surface area contributed by atoms with Crippen molar-refractivity contribution in [3.05, 3.63) is 23.2 Å². The highest BCUT2D eigenvalue weighted by Gasteiger charge is 2.20. The molecule has 17 heavy (non-hydrogen) atoms. The van der Waals surface area contributed by atoms with Crippen LogP contribution in [0.2, 0.25) is 0 Å². The highest BCUT2D eigenvalue weighted by molar-refractivity contribution is 7.71. The molecule has 0 unspecified atom stereocenters. The number of hydrogen-bond acceptors (Lipinski definition) is 3. The average molecular weight is 249 g/mol. The summed E-state index contributed by atoms with van der Waals surface area (Å²) in [6, 6.07) is 1.97. The summed E-state index contributed by atoms with van der Waals surface area (Å²) in [5.74, 6) is 0.815. The third-order valence-electron chi connectivity index (χ3n) is 3.09. The monoisotopic (exact) mass is 249 g/mol. The molecule has 0 spiro atoms. The number of imidazole rings is 1. The minimum Gasteiger partial charge on any atom is -0.379 e. The average Bonchev–Trinajstić information content (AvgIpc) is 3.09. The fourth-order valence-corrected chi connectivity index (χ4v) is 2.22. The van der Waals surface area contributed by atoms with Crippen molar-refractivity contribution in [3.8, 4) is 0 Å². The van der Waals surface area contributed by atoms with E-state index in [1.165, 1.54) is 12.8 Å². The number of nitrogens with one attached hydrogen (secondary N) is 1. The first-order valence-corrected chi connectivity index (χ1v) is 6.35. The van der Waals surface area contributed by atoms with E-state index in [0.29, 0.717) is 0 Å². The maximum absolute atomic E-state index is 5.64. The van der Waals surface area contributed by atoms with Gasteiger partial charge in [-0.25, -0.2) is 0 Å². The van der Waals surface area contributed by atoms with Gasteiger partial charge in [-0.3, -0.25) is 4.98 Å². The Morgan fingerprint density at radius 3 is 3.24 bits per heavy atom. The summed E-state index contributed by atoms with van der Waals surface area (Å²) in [7, 11) is 0. The van der Waals surface area contributed by atoms with Crippen molar-refractivity contribution >= 4 is 23.3 Å². The van der Waals surface area contributed by atoms with Crippen LogP contribution in [0.5, 0.6) is 0 Å². The lowest BCUT2D eigenvalue weighted by molar-refractivity contribution is 0.117. The molecule has 1 N–H and O–H groups in total. The van der Waals surface area contributed by atoms with Gasteiger partial charge < -0.3 is 14.3 Å². The maximum atomic E-state index is 5.64. The first-order chi connectivity index (χ1) is 8.34. The zero-order valence-corrected chi connectivity index (χ0v) is 10.4. The molecule has 0 radical (unpaired) electrons. The summed E-state index contributed by atoms with van der Waals surface area (Å²) in [5.41, 5.74) is 2.08. The van der Waals surface area contributed by atoms with Gasteiger partial charge in [0.15, 0.2) is 4.77 Å². The highest BCUT2D eigenvalue weighted by Crippen LogP contribution is 2.28. The molecule has 2 aromatic heterocycles. The smallest absolute Gasteiger partial charge is 0.178 e. The van der Waals surface area contributed by atoms with Gasteiger partial charge in [-0.1, -0.05) is 0 Å². The predicted octanol–water partition coefficient (Wildman–Crippen LogP) is 2.52. The van der Waals surface area contributed by atoms with Gasteiger partial charge >= 0.3 is 0 Å².